The average molecular weight is 498 g/mol. The molecule has 1 unspecified atom stereocenters. The quantitative estimate of drug-likeness (QED) is 0.272. The van der Waals surface area contributed by atoms with Gasteiger partial charge in [-0.05, 0) is 0 Å². The van der Waals surface area contributed by atoms with Crippen LogP contribution in [0.3, 0.4) is 0 Å². The van der Waals surface area contributed by atoms with Crippen LogP contribution >= 0.6 is 10.6 Å². The Morgan fingerprint density at radius 3 is 2.45 bits per heavy atom. The predicted molar refractivity (Wildman–Crippen MR) is 125 cm³/mol. The Morgan fingerprint density at radius 1 is 1.14 bits per heavy atom. The maximum atomic E-state index is 13.0. The second-order valence-electron chi connectivity index (χ2n) is 8.10. The molecule has 0 heterocycles. The van der Waals surface area contributed by atoms with Gasteiger partial charge in [0.15, 0.2) is 0 Å². The van der Waals surface area contributed by atoms with Gasteiger partial charge in [-0.1, -0.05) is 0 Å². The minimum absolute atomic E-state index is 0.0738. The summed E-state index contributed by atoms with van der Waals surface area (Å²) in [4.78, 5) is 13.0. The summed E-state index contributed by atoms with van der Waals surface area (Å²) in [7, 11) is 6.12. The van der Waals surface area contributed by atoms with Crippen molar-refractivity contribution in [1.29, 1.82) is 0 Å². The molecule has 0 amide bonds. The maximum absolute atomic E-state index is 13.0. The molecular weight excluding hydrogens is 467 g/mol. The molecule has 4 nitrogen and oxygen atoms in total. The van der Waals surface area contributed by atoms with Crippen LogP contribution in [0.25, 0.3) is 0 Å². The molecule has 0 bridgehead atoms. The van der Waals surface area contributed by atoms with Gasteiger partial charge < -0.3 is 0 Å². The number of rotatable bonds is 10. The van der Waals surface area contributed by atoms with Crippen molar-refractivity contribution in [2.75, 3.05) is 20.5 Å². The Balaban J connectivity index is 2.33. The van der Waals surface area contributed by atoms with Gasteiger partial charge in [-0.15, -0.1) is 0 Å². The SMILES string of the molecule is COCOc1cc(C)cc(C[Se](=S)c2ccccc2)c1C(=O)OCC[Si](C)(C)C. The number of hydrogen-bond donors (Lipinski definition) is 0. The molecule has 0 radical (unpaired) electrons. The van der Waals surface area contributed by atoms with Gasteiger partial charge in [-0.3, -0.25) is 0 Å². The fourth-order valence-electron chi connectivity index (χ4n) is 2.73. The minimum atomic E-state index is -1.53. The van der Waals surface area contributed by atoms with E-state index in [1.807, 2.05) is 37.3 Å². The van der Waals surface area contributed by atoms with Gasteiger partial charge in [-0.25, -0.2) is 0 Å². The van der Waals surface area contributed by atoms with Crippen LogP contribution in [0.2, 0.25) is 25.7 Å². The fraction of sp³-hybridized carbons (Fsp3) is 0.409. The topological polar surface area (TPSA) is 44.8 Å². The van der Waals surface area contributed by atoms with Crippen LogP contribution < -0.4 is 9.20 Å². The molecule has 0 aliphatic heterocycles. The molecule has 0 aliphatic carbocycles. The van der Waals surface area contributed by atoms with E-state index in [9.17, 15) is 4.79 Å². The molecule has 0 saturated heterocycles. The van der Waals surface area contributed by atoms with E-state index in [1.165, 1.54) is 4.46 Å². The van der Waals surface area contributed by atoms with E-state index in [0.717, 1.165) is 17.2 Å². The van der Waals surface area contributed by atoms with Gasteiger partial charge >= 0.3 is 184 Å². The third-order valence-corrected chi connectivity index (χ3v) is 10.4. The van der Waals surface area contributed by atoms with Crippen molar-refractivity contribution in [3.8, 4) is 5.75 Å². The molecule has 2 aromatic carbocycles. The number of methoxy groups -OCH3 is 1. The molecule has 158 valence electrons. The normalized spacial score (nSPS) is 12.4. The van der Waals surface area contributed by atoms with Crippen molar-refractivity contribution in [2.45, 2.75) is 37.9 Å². The second-order valence-corrected chi connectivity index (χ2v) is 18.9. The molecule has 0 spiro atoms. The van der Waals surface area contributed by atoms with Gasteiger partial charge in [0.2, 0.25) is 0 Å². The molecule has 0 N–H and O–H groups in total. The van der Waals surface area contributed by atoms with Crippen LogP contribution in [0.5, 0.6) is 5.75 Å². The van der Waals surface area contributed by atoms with E-state index < -0.39 is 20.3 Å². The second kappa shape index (κ2) is 11.1. The number of aryl methyl sites for hydroxylation is 1. The predicted octanol–water partition coefficient (Wildman–Crippen LogP) is 4.65. The molecule has 0 fully saturated rings. The number of carbonyl (C=O) groups excluding carboxylic acids is 1. The molecule has 0 aromatic heterocycles. The molecule has 0 saturated carbocycles. The van der Waals surface area contributed by atoms with Gasteiger partial charge in [0.25, 0.3) is 0 Å². The van der Waals surface area contributed by atoms with Crippen molar-refractivity contribution in [1.82, 2.24) is 0 Å². The third kappa shape index (κ3) is 7.76. The summed E-state index contributed by atoms with van der Waals surface area (Å²) in [5.41, 5.74) is 2.40. The Labute approximate surface area is 183 Å². The summed E-state index contributed by atoms with van der Waals surface area (Å²) in [6, 6.07) is 15.0. The monoisotopic (exact) mass is 498 g/mol. The summed E-state index contributed by atoms with van der Waals surface area (Å²) >= 11 is -1.53. The summed E-state index contributed by atoms with van der Waals surface area (Å²) in [6.07, 6.45) is 0. The molecule has 29 heavy (non-hydrogen) atoms. The van der Waals surface area contributed by atoms with Crippen LogP contribution in [0.4, 0.5) is 0 Å². The zero-order valence-electron chi connectivity index (χ0n) is 17.8. The van der Waals surface area contributed by atoms with E-state index in [4.69, 9.17) is 24.8 Å². The average Bonchev–Trinajstić information content (AvgIpc) is 2.65. The molecule has 2 aromatic rings. The van der Waals surface area contributed by atoms with Gasteiger partial charge in [0.1, 0.15) is 0 Å². The van der Waals surface area contributed by atoms with Crippen molar-refractivity contribution in [3.05, 3.63) is 59.2 Å². The molecule has 1 atom stereocenters. The van der Waals surface area contributed by atoms with Crippen LogP contribution in [0.15, 0.2) is 42.5 Å². The number of benzene rings is 2. The number of esters is 1. The summed E-state index contributed by atoms with van der Waals surface area (Å²) in [5.74, 6) is 0.160. The Morgan fingerprint density at radius 2 is 1.83 bits per heavy atom. The van der Waals surface area contributed by atoms with E-state index in [2.05, 4.69) is 31.8 Å². The summed E-state index contributed by atoms with van der Waals surface area (Å²) in [5, 5.41) is 0.669. The zero-order valence-corrected chi connectivity index (χ0v) is 21.3. The first kappa shape index (κ1) is 23.9. The molecule has 0 aliphatic rings. The van der Waals surface area contributed by atoms with Crippen molar-refractivity contribution in [2.24, 2.45) is 0 Å². The molecular formula is C22H30O4SSeSi. The van der Waals surface area contributed by atoms with E-state index >= 15 is 0 Å². The zero-order chi connectivity index (χ0) is 21.4. The summed E-state index contributed by atoms with van der Waals surface area (Å²) < 4.78 is 17.6. The van der Waals surface area contributed by atoms with Crippen molar-refractivity contribution < 1.29 is 19.0 Å². The standard InChI is InChI=1S/C22H30O4SSeSi/c1-17-13-18(15-28(27)19-9-7-6-8-10-19)21(20(14-17)26-16-24-2)22(23)25-11-12-29(3,4)5/h6-10,13-14H,11-12,15-16H2,1-5H3. The van der Waals surface area contributed by atoms with Crippen LogP contribution in [-0.4, -0.2) is 46.8 Å². The van der Waals surface area contributed by atoms with Gasteiger partial charge in [0.05, 0.1) is 0 Å². The van der Waals surface area contributed by atoms with Crippen LogP contribution in [0, 0.1) is 6.92 Å². The van der Waals surface area contributed by atoms with Crippen molar-refractivity contribution >= 4 is 41.3 Å². The van der Waals surface area contributed by atoms with Crippen LogP contribution in [-0.2, 0) is 14.8 Å². The van der Waals surface area contributed by atoms with Gasteiger partial charge in [-0.2, -0.15) is 0 Å². The van der Waals surface area contributed by atoms with E-state index in [0.29, 0.717) is 23.2 Å². The van der Waals surface area contributed by atoms with E-state index in [-0.39, 0.29) is 12.8 Å². The molecule has 2 rings (SSSR count). The Kier molecular flexibility index (Phi) is 9.18. The fourth-order valence-corrected chi connectivity index (χ4v) is 7.06. The summed E-state index contributed by atoms with van der Waals surface area (Å²) in [6.45, 7) is 9.28. The first-order valence-electron chi connectivity index (χ1n) is 9.57. The molecule has 7 heteroatoms. The first-order chi connectivity index (χ1) is 13.7. The van der Waals surface area contributed by atoms with Crippen molar-refractivity contribution in [3.63, 3.8) is 0 Å². The van der Waals surface area contributed by atoms with Crippen LogP contribution in [0.1, 0.15) is 21.5 Å². The van der Waals surface area contributed by atoms with E-state index in [1.54, 1.807) is 7.11 Å². The Hall–Kier alpha value is -1.37. The number of carbonyl (C=O) groups is 1. The Bertz CT molecular complexity index is 850. The van der Waals surface area contributed by atoms with Gasteiger partial charge in [0, 0.05) is 0 Å². The number of hydrogen-bond acceptors (Lipinski definition) is 5. The number of ether oxygens (including phenoxy) is 3. The first-order valence-corrected chi connectivity index (χ1v) is 17.8. The third-order valence-electron chi connectivity index (χ3n) is 4.24.